The fourth-order valence-corrected chi connectivity index (χ4v) is 2.83. The first-order valence-corrected chi connectivity index (χ1v) is 8.49. The Labute approximate surface area is 152 Å². The molecule has 0 aliphatic carbocycles. The summed E-state index contributed by atoms with van der Waals surface area (Å²) in [6.45, 7) is 0.456. The van der Waals surface area contributed by atoms with Crippen molar-refractivity contribution in [1.82, 2.24) is 20.3 Å². The van der Waals surface area contributed by atoms with Crippen LogP contribution in [-0.2, 0) is 6.42 Å². The smallest absolute Gasteiger partial charge is 0.314 e. The molecule has 2 aromatic carbocycles. The number of aryl methyl sites for hydroxylation is 1. The summed E-state index contributed by atoms with van der Waals surface area (Å²) in [6.07, 6.45) is 1.29. The number of H-pyrrole nitrogens is 2. The van der Waals surface area contributed by atoms with Gasteiger partial charge in [-0.15, -0.1) is 0 Å². The lowest BCUT2D eigenvalue weighted by atomic mass is 10.1. The standard InChI is InChI=1S/C19H16N4O4/c24-17(11-7-8-12-14(10-11)23-19(26)18(25)22-12)20-9-3-6-16-21-13-4-1-2-5-15(13)27-16/h1-2,4-5,7-8,10H,3,6,9H2,(H,20,24)(H,22,25)(H,23,26). The van der Waals surface area contributed by atoms with Crippen LogP contribution in [-0.4, -0.2) is 27.4 Å². The number of aromatic amines is 2. The van der Waals surface area contributed by atoms with E-state index in [1.54, 1.807) is 12.1 Å². The molecular formula is C19H16N4O4. The zero-order chi connectivity index (χ0) is 18.8. The number of oxazole rings is 1. The largest absolute Gasteiger partial charge is 0.441 e. The monoisotopic (exact) mass is 364 g/mol. The van der Waals surface area contributed by atoms with E-state index >= 15 is 0 Å². The molecule has 0 saturated heterocycles. The van der Waals surface area contributed by atoms with Gasteiger partial charge < -0.3 is 19.7 Å². The first-order valence-electron chi connectivity index (χ1n) is 8.49. The highest BCUT2D eigenvalue weighted by Crippen LogP contribution is 2.15. The third-order valence-electron chi connectivity index (χ3n) is 4.18. The number of rotatable bonds is 5. The molecule has 0 aliphatic heterocycles. The fourth-order valence-electron chi connectivity index (χ4n) is 2.83. The summed E-state index contributed by atoms with van der Waals surface area (Å²) < 4.78 is 5.64. The van der Waals surface area contributed by atoms with Gasteiger partial charge in [-0.1, -0.05) is 12.1 Å². The van der Waals surface area contributed by atoms with E-state index in [1.165, 1.54) is 6.07 Å². The highest BCUT2D eigenvalue weighted by molar-refractivity contribution is 5.97. The number of benzene rings is 2. The molecule has 3 N–H and O–H groups in total. The minimum absolute atomic E-state index is 0.262. The Morgan fingerprint density at radius 3 is 2.63 bits per heavy atom. The van der Waals surface area contributed by atoms with Crippen LogP contribution in [0, 0.1) is 0 Å². The molecule has 8 heteroatoms. The van der Waals surface area contributed by atoms with E-state index < -0.39 is 11.1 Å². The molecule has 27 heavy (non-hydrogen) atoms. The average molecular weight is 364 g/mol. The van der Waals surface area contributed by atoms with Crippen molar-refractivity contribution in [1.29, 1.82) is 0 Å². The first-order chi connectivity index (χ1) is 13.1. The molecule has 2 aromatic heterocycles. The number of nitrogens with zero attached hydrogens (tertiary/aromatic N) is 1. The van der Waals surface area contributed by atoms with Crippen molar-refractivity contribution in [2.45, 2.75) is 12.8 Å². The third-order valence-corrected chi connectivity index (χ3v) is 4.18. The van der Waals surface area contributed by atoms with Crippen molar-refractivity contribution in [3.63, 3.8) is 0 Å². The quantitative estimate of drug-likeness (QED) is 0.368. The number of hydrogen-bond donors (Lipinski definition) is 3. The highest BCUT2D eigenvalue weighted by atomic mass is 16.3. The lowest BCUT2D eigenvalue weighted by Crippen LogP contribution is -2.29. The number of nitrogens with one attached hydrogen (secondary N) is 3. The van der Waals surface area contributed by atoms with Gasteiger partial charge in [0.05, 0.1) is 11.0 Å². The summed E-state index contributed by atoms with van der Waals surface area (Å²) in [5.74, 6) is 0.374. The number of carbonyl (C=O) groups is 1. The van der Waals surface area contributed by atoms with E-state index in [4.69, 9.17) is 4.42 Å². The van der Waals surface area contributed by atoms with Gasteiger partial charge in [0.2, 0.25) is 0 Å². The molecule has 2 heterocycles. The predicted octanol–water partition coefficient (Wildman–Crippen LogP) is 1.72. The van der Waals surface area contributed by atoms with Crippen LogP contribution < -0.4 is 16.4 Å². The van der Waals surface area contributed by atoms with Crippen LogP contribution in [0.5, 0.6) is 0 Å². The van der Waals surface area contributed by atoms with Crippen LogP contribution in [0.2, 0.25) is 0 Å². The van der Waals surface area contributed by atoms with Crippen LogP contribution in [0.15, 0.2) is 56.5 Å². The molecule has 0 aliphatic rings. The lowest BCUT2D eigenvalue weighted by Gasteiger charge is -2.05. The maximum absolute atomic E-state index is 12.3. The van der Waals surface area contributed by atoms with Crippen LogP contribution in [0.25, 0.3) is 22.1 Å². The van der Waals surface area contributed by atoms with Crippen molar-refractivity contribution in [2.24, 2.45) is 0 Å². The number of hydrogen-bond acceptors (Lipinski definition) is 5. The van der Waals surface area contributed by atoms with Gasteiger partial charge in [0, 0.05) is 18.5 Å². The SMILES string of the molecule is O=C(NCCCc1nc2ccccc2o1)c1ccc2[nH]c(=O)c(=O)[nH]c2c1. The molecule has 1 amide bonds. The summed E-state index contributed by atoms with van der Waals surface area (Å²) in [5.41, 5.74) is 1.36. The van der Waals surface area contributed by atoms with Gasteiger partial charge in [0.1, 0.15) is 5.52 Å². The Morgan fingerprint density at radius 1 is 1.04 bits per heavy atom. The number of carbonyl (C=O) groups excluding carboxylic acids is 1. The van der Waals surface area contributed by atoms with Crippen LogP contribution in [0.1, 0.15) is 22.7 Å². The van der Waals surface area contributed by atoms with E-state index in [-0.39, 0.29) is 5.91 Å². The molecule has 0 atom stereocenters. The Bertz CT molecular complexity index is 1220. The van der Waals surface area contributed by atoms with Gasteiger partial charge in [-0.2, -0.15) is 0 Å². The summed E-state index contributed by atoms with van der Waals surface area (Å²) in [4.78, 5) is 44.3. The lowest BCUT2D eigenvalue weighted by molar-refractivity contribution is 0.0953. The van der Waals surface area contributed by atoms with Gasteiger partial charge in [0.15, 0.2) is 11.5 Å². The molecule has 0 unspecified atom stereocenters. The van der Waals surface area contributed by atoms with Gasteiger partial charge in [-0.3, -0.25) is 14.4 Å². The molecule has 0 bridgehead atoms. The topological polar surface area (TPSA) is 121 Å². The van der Waals surface area contributed by atoms with Crippen LogP contribution >= 0.6 is 0 Å². The van der Waals surface area contributed by atoms with Gasteiger partial charge in [-0.05, 0) is 36.8 Å². The second-order valence-electron chi connectivity index (χ2n) is 6.10. The Kier molecular flexibility index (Phi) is 4.29. The zero-order valence-electron chi connectivity index (χ0n) is 14.2. The molecule has 136 valence electrons. The normalized spacial score (nSPS) is 11.1. The van der Waals surface area contributed by atoms with Gasteiger partial charge >= 0.3 is 11.1 Å². The second-order valence-corrected chi connectivity index (χ2v) is 6.10. The Hall–Kier alpha value is -3.68. The summed E-state index contributed by atoms with van der Waals surface area (Å²) >= 11 is 0. The minimum Gasteiger partial charge on any atom is -0.441 e. The Balaban J connectivity index is 1.37. The van der Waals surface area contributed by atoms with Crippen LogP contribution in [0.3, 0.4) is 0 Å². The Morgan fingerprint density at radius 2 is 1.81 bits per heavy atom. The second kappa shape index (κ2) is 6.91. The molecule has 0 fully saturated rings. The predicted molar refractivity (Wildman–Crippen MR) is 99.9 cm³/mol. The molecule has 8 nitrogen and oxygen atoms in total. The maximum Gasteiger partial charge on any atom is 0.314 e. The van der Waals surface area contributed by atoms with E-state index in [9.17, 15) is 14.4 Å². The van der Waals surface area contributed by atoms with Crippen molar-refractivity contribution >= 4 is 28.0 Å². The highest BCUT2D eigenvalue weighted by Gasteiger charge is 2.09. The fraction of sp³-hybridized carbons (Fsp3) is 0.158. The van der Waals surface area contributed by atoms with Gasteiger partial charge in [-0.25, -0.2) is 4.98 Å². The van der Waals surface area contributed by atoms with E-state index in [1.807, 2.05) is 24.3 Å². The number of aromatic nitrogens is 3. The summed E-state index contributed by atoms with van der Waals surface area (Å²) in [7, 11) is 0. The molecular weight excluding hydrogens is 348 g/mol. The van der Waals surface area contributed by atoms with Gasteiger partial charge in [0.25, 0.3) is 5.91 Å². The van der Waals surface area contributed by atoms with Crippen molar-refractivity contribution in [3.8, 4) is 0 Å². The number of fused-ring (bicyclic) bond motifs is 2. The van der Waals surface area contributed by atoms with E-state index in [0.29, 0.717) is 41.9 Å². The average Bonchev–Trinajstić information content (AvgIpc) is 3.08. The number of amides is 1. The summed E-state index contributed by atoms with van der Waals surface area (Å²) in [6, 6.07) is 12.3. The van der Waals surface area contributed by atoms with Crippen molar-refractivity contribution in [3.05, 3.63) is 74.6 Å². The summed E-state index contributed by atoms with van der Waals surface area (Å²) in [5, 5.41) is 2.82. The van der Waals surface area contributed by atoms with Crippen molar-refractivity contribution < 1.29 is 9.21 Å². The number of para-hydroxylation sites is 2. The molecule has 0 spiro atoms. The molecule has 4 aromatic rings. The first kappa shape index (κ1) is 16.8. The third kappa shape index (κ3) is 3.50. The van der Waals surface area contributed by atoms with Crippen molar-refractivity contribution in [2.75, 3.05) is 6.54 Å². The van der Waals surface area contributed by atoms with E-state index in [0.717, 1.165) is 11.1 Å². The minimum atomic E-state index is -0.751. The van der Waals surface area contributed by atoms with E-state index in [2.05, 4.69) is 20.3 Å². The molecule has 0 saturated carbocycles. The molecule has 0 radical (unpaired) electrons. The zero-order valence-corrected chi connectivity index (χ0v) is 14.2. The molecule has 4 rings (SSSR count). The maximum atomic E-state index is 12.3. The van der Waals surface area contributed by atoms with Crippen LogP contribution in [0.4, 0.5) is 0 Å².